The lowest BCUT2D eigenvalue weighted by Crippen LogP contribution is -2.34. The van der Waals surface area contributed by atoms with Crippen molar-refractivity contribution in [2.75, 3.05) is 0 Å². The number of hydrogen-bond donors (Lipinski definition) is 5. The fourth-order valence-electron chi connectivity index (χ4n) is 0.333. The van der Waals surface area contributed by atoms with Gasteiger partial charge in [-0.1, -0.05) is 6.58 Å². The summed E-state index contributed by atoms with van der Waals surface area (Å²) >= 11 is 0. The summed E-state index contributed by atoms with van der Waals surface area (Å²) in [5, 5.41) is 16.7. The first kappa shape index (κ1) is 11.3. The molecule has 0 bridgehead atoms. The van der Waals surface area contributed by atoms with Gasteiger partial charge >= 0.3 is 7.60 Å². The molecule has 7 nitrogen and oxygen atoms in total. The number of carbonyl (C=O) groups excluding carboxylic acids is 1. The van der Waals surface area contributed by atoms with E-state index in [1.165, 1.54) is 5.32 Å². The third-order valence-electron chi connectivity index (χ3n) is 0.874. The second-order valence-electron chi connectivity index (χ2n) is 1.84. The second kappa shape index (κ2) is 3.79. The third kappa shape index (κ3) is 3.61. The molecule has 8 heteroatoms. The van der Waals surface area contributed by atoms with Crippen molar-refractivity contribution in [1.82, 2.24) is 5.32 Å². The monoisotopic (exact) mass is 197 g/mol. The Bertz CT molecular complexity index is 242. The van der Waals surface area contributed by atoms with Crippen LogP contribution in [0.2, 0.25) is 0 Å². The number of carbonyl (C=O) groups is 1. The summed E-state index contributed by atoms with van der Waals surface area (Å²) in [4.78, 5) is 27.3. The van der Waals surface area contributed by atoms with Gasteiger partial charge in [0.15, 0.2) is 0 Å². The summed E-state index contributed by atoms with van der Waals surface area (Å²) in [7, 11) is -4.70. The SMILES string of the molecule is C=C(C(=O)NC(O)O)P(=O)(O)O. The highest BCUT2D eigenvalue weighted by Crippen LogP contribution is 2.43. The predicted molar refractivity (Wildman–Crippen MR) is 37.6 cm³/mol. The largest absolute Gasteiger partial charge is 0.361 e. The number of nitrogens with one attached hydrogen (secondary N) is 1. The van der Waals surface area contributed by atoms with E-state index in [0.717, 1.165) is 0 Å². The summed E-state index contributed by atoms with van der Waals surface area (Å²) < 4.78 is 10.3. The van der Waals surface area contributed by atoms with E-state index in [1.807, 2.05) is 0 Å². The zero-order valence-corrected chi connectivity index (χ0v) is 6.73. The number of aliphatic hydroxyl groups excluding tert-OH is 1. The molecule has 0 aliphatic carbocycles. The first-order chi connectivity index (χ1) is 5.25. The van der Waals surface area contributed by atoms with Gasteiger partial charge in [0.1, 0.15) is 5.31 Å². The zero-order chi connectivity index (χ0) is 9.94. The molecule has 0 saturated heterocycles. The molecule has 0 aromatic rings. The van der Waals surface area contributed by atoms with Gasteiger partial charge < -0.3 is 25.3 Å². The van der Waals surface area contributed by atoms with Crippen LogP contribution in [0.1, 0.15) is 0 Å². The summed E-state index contributed by atoms with van der Waals surface area (Å²) in [5.41, 5.74) is 0. The molecule has 0 saturated carbocycles. The van der Waals surface area contributed by atoms with E-state index in [2.05, 4.69) is 6.58 Å². The van der Waals surface area contributed by atoms with Crippen molar-refractivity contribution in [3.05, 3.63) is 11.9 Å². The first-order valence-corrected chi connectivity index (χ1v) is 4.28. The zero-order valence-electron chi connectivity index (χ0n) is 5.84. The third-order valence-corrected chi connectivity index (χ3v) is 1.78. The van der Waals surface area contributed by atoms with Gasteiger partial charge in [-0.2, -0.15) is 0 Å². The van der Waals surface area contributed by atoms with Gasteiger partial charge in [0, 0.05) is 0 Å². The van der Waals surface area contributed by atoms with Crippen molar-refractivity contribution in [2.45, 2.75) is 6.41 Å². The lowest BCUT2D eigenvalue weighted by atomic mass is 10.6. The summed E-state index contributed by atoms with van der Waals surface area (Å²) in [6.07, 6.45) is -2.17. The van der Waals surface area contributed by atoms with Crippen LogP contribution in [0.4, 0.5) is 0 Å². The molecule has 0 aromatic carbocycles. The van der Waals surface area contributed by atoms with Gasteiger partial charge in [0.25, 0.3) is 5.91 Å². The van der Waals surface area contributed by atoms with E-state index in [9.17, 15) is 9.36 Å². The van der Waals surface area contributed by atoms with Crippen molar-refractivity contribution in [3.8, 4) is 0 Å². The van der Waals surface area contributed by atoms with E-state index in [1.54, 1.807) is 0 Å². The van der Waals surface area contributed by atoms with Crippen LogP contribution < -0.4 is 5.32 Å². The van der Waals surface area contributed by atoms with Crippen LogP contribution >= 0.6 is 7.60 Å². The lowest BCUT2D eigenvalue weighted by Gasteiger charge is -2.09. The Morgan fingerprint density at radius 2 is 1.83 bits per heavy atom. The first-order valence-electron chi connectivity index (χ1n) is 2.67. The van der Waals surface area contributed by atoms with Crippen molar-refractivity contribution >= 4 is 13.5 Å². The fourth-order valence-corrected chi connectivity index (χ4v) is 0.662. The average Bonchev–Trinajstić information content (AvgIpc) is 1.82. The second-order valence-corrected chi connectivity index (χ2v) is 3.47. The van der Waals surface area contributed by atoms with E-state index >= 15 is 0 Å². The van der Waals surface area contributed by atoms with E-state index in [4.69, 9.17) is 20.0 Å². The average molecular weight is 197 g/mol. The summed E-state index contributed by atoms with van der Waals surface area (Å²) in [6, 6.07) is 0. The minimum atomic E-state index is -4.70. The molecule has 0 spiro atoms. The Kier molecular flexibility index (Phi) is 3.56. The molecule has 0 aliphatic rings. The van der Waals surface area contributed by atoms with Gasteiger partial charge in [-0.3, -0.25) is 9.36 Å². The Hall–Kier alpha value is -0.720. The van der Waals surface area contributed by atoms with Crippen molar-refractivity contribution in [2.24, 2.45) is 0 Å². The van der Waals surface area contributed by atoms with Gasteiger partial charge in [-0.05, 0) is 0 Å². The highest BCUT2D eigenvalue weighted by atomic mass is 31.2. The van der Waals surface area contributed by atoms with Crippen LogP contribution in [0.15, 0.2) is 11.9 Å². The molecule has 1 amide bonds. The smallest absolute Gasteiger partial charge is 0.351 e. The number of hydrogen-bond acceptors (Lipinski definition) is 4. The Labute approximate surface area is 67.5 Å². The molecule has 5 N–H and O–H groups in total. The van der Waals surface area contributed by atoms with E-state index in [-0.39, 0.29) is 0 Å². The summed E-state index contributed by atoms with van der Waals surface area (Å²) in [6.45, 7) is 2.78. The lowest BCUT2D eigenvalue weighted by molar-refractivity contribution is -0.130. The van der Waals surface area contributed by atoms with E-state index in [0.29, 0.717) is 0 Å². The molecule has 0 rings (SSSR count). The van der Waals surface area contributed by atoms with Crippen LogP contribution in [0, 0.1) is 0 Å². The maximum absolute atomic E-state index is 10.6. The molecule has 0 fully saturated rings. The van der Waals surface area contributed by atoms with Crippen LogP contribution in [-0.4, -0.2) is 32.3 Å². The van der Waals surface area contributed by atoms with Gasteiger partial charge in [-0.15, -0.1) is 0 Å². The molecule has 0 atom stereocenters. The number of rotatable bonds is 3. The minimum absolute atomic E-state index is 1.02. The normalized spacial score (nSPS) is 11.4. The standard InChI is InChI=1S/C4H8NO6P/c1-2(12(9,10)11)3(6)5-4(7)8/h4,7-8H,1H2,(H,5,6)(H2,9,10,11). The van der Waals surface area contributed by atoms with Gasteiger partial charge in [0.2, 0.25) is 6.41 Å². The fraction of sp³-hybridized carbons (Fsp3) is 0.250. The molecule has 12 heavy (non-hydrogen) atoms. The maximum atomic E-state index is 10.6. The van der Waals surface area contributed by atoms with Crippen LogP contribution in [0.5, 0.6) is 0 Å². The topological polar surface area (TPSA) is 127 Å². The Balaban J connectivity index is 4.33. The van der Waals surface area contributed by atoms with Crippen LogP contribution in [-0.2, 0) is 9.36 Å². The quantitative estimate of drug-likeness (QED) is 0.203. The van der Waals surface area contributed by atoms with Crippen LogP contribution in [0.3, 0.4) is 0 Å². The number of amides is 1. The highest BCUT2D eigenvalue weighted by Gasteiger charge is 2.26. The van der Waals surface area contributed by atoms with Gasteiger partial charge in [-0.25, -0.2) is 0 Å². The summed E-state index contributed by atoms with van der Waals surface area (Å²) in [5.74, 6) is -1.31. The van der Waals surface area contributed by atoms with Crippen molar-refractivity contribution in [1.29, 1.82) is 0 Å². The number of aliphatic hydroxyl groups is 2. The molecule has 0 unspecified atom stereocenters. The molecule has 70 valence electrons. The van der Waals surface area contributed by atoms with Crippen molar-refractivity contribution < 1.29 is 29.4 Å². The molecule has 0 heterocycles. The predicted octanol–water partition coefficient (Wildman–Crippen LogP) is -1.94. The minimum Gasteiger partial charge on any atom is -0.351 e. The molecular formula is C4H8NO6P. The Morgan fingerprint density at radius 3 is 2.08 bits per heavy atom. The highest BCUT2D eigenvalue weighted by molar-refractivity contribution is 7.58. The maximum Gasteiger partial charge on any atom is 0.361 e. The van der Waals surface area contributed by atoms with E-state index < -0.39 is 25.2 Å². The Morgan fingerprint density at radius 1 is 1.42 bits per heavy atom. The van der Waals surface area contributed by atoms with Crippen LogP contribution in [0.25, 0.3) is 0 Å². The molecule has 0 aliphatic heterocycles. The molecule has 0 radical (unpaired) electrons. The van der Waals surface area contributed by atoms with Crippen molar-refractivity contribution in [3.63, 3.8) is 0 Å². The van der Waals surface area contributed by atoms with Gasteiger partial charge in [0.05, 0.1) is 0 Å². The molecule has 0 aromatic heterocycles. The molecular weight excluding hydrogens is 189 g/mol.